The Morgan fingerprint density at radius 1 is 1.32 bits per heavy atom. The molecule has 3 N–H and O–H groups in total. The van der Waals surface area contributed by atoms with Crippen LogP contribution in [0, 0.1) is 6.92 Å². The molecule has 0 bridgehead atoms. The number of aromatic nitrogens is 2. The van der Waals surface area contributed by atoms with Gasteiger partial charge in [0.2, 0.25) is 0 Å². The Bertz CT molecular complexity index is 732. The van der Waals surface area contributed by atoms with Gasteiger partial charge in [0.15, 0.2) is 0 Å². The van der Waals surface area contributed by atoms with Gasteiger partial charge in [-0.15, -0.1) is 0 Å². The molecule has 1 amide bonds. The molecule has 2 aromatic heterocycles. The maximum absolute atomic E-state index is 12.1. The van der Waals surface area contributed by atoms with E-state index in [1.54, 1.807) is 24.5 Å². The highest BCUT2D eigenvalue weighted by atomic mass is 16.4. The molecule has 6 heteroatoms. The van der Waals surface area contributed by atoms with E-state index in [0.29, 0.717) is 17.0 Å². The minimum Gasteiger partial charge on any atom is -0.478 e. The second-order valence-corrected chi connectivity index (χ2v) is 5.55. The molecule has 1 saturated carbocycles. The molecule has 22 heavy (non-hydrogen) atoms. The van der Waals surface area contributed by atoms with Crippen molar-refractivity contribution >= 4 is 11.9 Å². The van der Waals surface area contributed by atoms with Gasteiger partial charge < -0.3 is 15.4 Å². The smallest absolute Gasteiger partial charge is 0.337 e. The summed E-state index contributed by atoms with van der Waals surface area (Å²) in [6.45, 7) is 2.14. The average Bonchev–Trinajstić information content (AvgIpc) is 3.26. The van der Waals surface area contributed by atoms with Gasteiger partial charge in [0.1, 0.15) is 0 Å². The molecule has 3 rings (SSSR count). The fourth-order valence-corrected chi connectivity index (χ4v) is 2.42. The Balaban J connectivity index is 1.73. The highest BCUT2D eigenvalue weighted by Crippen LogP contribution is 2.40. The van der Waals surface area contributed by atoms with Crippen LogP contribution < -0.4 is 5.32 Å². The summed E-state index contributed by atoms with van der Waals surface area (Å²) in [5.74, 6) is -0.877. The maximum atomic E-state index is 12.1. The van der Waals surface area contributed by atoms with Crippen molar-refractivity contribution < 1.29 is 14.7 Å². The first kappa shape index (κ1) is 14.3. The van der Waals surface area contributed by atoms with Gasteiger partial charge in [-0.05, 0) is 37.5 Å². The summed E-state index contributed by atoms with van der Waals surface area (Å²) in [7, 11) is 0. The van der Waals surface area contributed by atoms with E-state index in [2.05, 4.69) is 15.3 Å². The molecule has 0 unspecified atom stereocenters. The molecule has 1 aliphatic rings. The number of aryl methyl sites for hydroxylation is 1. The van der Waals surface area contributed by atoms with Crippen molar-refractivity contribution in [2.45, 2.75) is 32.2 Å². The van der Waals surface area contributed by atoms with Crippen LogP contribution in [0.15, 0.2) is 24.5 Å². The number of aromatic carboxylic acids is 1. The Morgan fingerprint density at radius 2 is 2.09 bits per heavy atom. The van der Waals surface area contributed by atoms with Gasteiger partial charge in [-0.1, -0.05) is 0 Å². The summed E-state index contributed by atoms with van der Waals surface area (Å²) in [4.78, 5) is 30.6. The van der Waals surface area contributed by atoms with E-state index < -0.39 is 5.97 Å². The molecule has 0 spiro atoms. The van der Waals surface area contributed by atoms with Gasteiger partial charge in [0.25, 0.3) is 5.91 Å². The highest BCUT2D eigenvalue weighted by molar-refractivity contribution is 5.95. The number of carbonyl (C=O) groups excluding carboxylic acids is 1. The van der Waals surface area contributed by atoms with Crippen molar-refractivity contribution in [2.75, 3.05) is 0 Å². The number of amides is 1. The fourth-order valence-electron chi connectivity index (χ4n) is 2.42. The van der Waals surface area contributed by atoms with Gasteiger partial charge in [-0.2, -0.15) is 0 Å². The number of carbonyl (C=O) groups is 2. The summed E-state index contributed by atoms with van der Waals surface area (Å²) in [5, 5.41) is 12.0. The number of H-pyrrole nitrogens is 1. The normalized spacial score (nSPS) is 13.9. The van der Waals surface area contributed by atoms with Crippen LogP contribution in [0.4, 0.5) is 0 Å². The number of aromatic amines is 1. The van der Waals surface area contributed by atoms with Crippen LogP contribution >= 0.6 is 0 Å². The van der Waals surface area contributed by atoms with Gasteiger partial charge >= 0.3 is 5.97 Å². The molecule has 1 fully saturated rings. The van der Waals surface area contributed by atoms with Crippen LogP contribution in [0.2, 0.25) is 0 Å². The number of carboxylic acid groups (broad SMARTS) is 1. The van der Waals surface area contributed by atoms with Gasteiger partial charge in [0, 0.05) is 18.3 Å². The van der Waals surface area contributed by atoms with Crippen molar-refractivity contribution in [3.63, 3.8) is 0 Å². The first-order valence-electron chi connectivity index (χ1n) is 7.21. The average molecular weight is 299 g/mol. The minimum atomic E-state index is -0.951. The number of hydrogen-bond acceptors (Lipinski definition) is 3. The van der Waals surface area contributed by atoms with Crippen molar-refractivity contribution in [1.29, 1.82) is 0 Å². The standard InChI is InChI=1S/C16H17N3O3/c1-9-6-17-8-13(9)15(20)18-7-11-4-5-12(16(21)22)14(19-11)10-2-3-10/h4-6,8,10,17H,2-3,7H2,1H3,(H,18,20)(H,21,22). The second-order valence-electron chi connectivity index (χ2n) is 5.55. The van der Waals surface area contributed by atoms with E-state index in [9.17, 15) is 14.7 Å². The molecule has 6 nitrogen and oxygen atoms in total. The first-order valence-corrected chi connectivity index (χ1v) is 7.21. The predicted molar refractivity (Wildman–Crippen MR) is 79.9 cm³/mol. The topological polar surface area (TPSA) is 95.1 Å². The lowest BCUT2D eigenvalue weighted by Crippen LogP contribution is -2.24. The Hall–Kier alpha value is -2.63. The van der Waals surface area contributed by atoms with Crippen molar-refractivity contribution in [3.8, 4) is 0 Å². The third kappa shape index (κ3) is 2.86. The summed E-state index contributed by atoms with van der Waals surface area (Å²) >= 11 is 0. The van der Waals surface area contributed by atoms with E-state index >= 15 is 0 Å². The molecule has 1 aliphatic carbocycles. The molecule has 0 atom stereocenters. The molecule has 0 aliphatic heterocycles. The Labute approximate surface area is 127 Å². The summed E-state index contributed by atoms with van der Waals surface area (Å²) < 4.78 is 0. The third-order valence-electron chi connectivity index (χ3n) is 3.80. The van der Waals surface area contributed by atoms with Gasteiger partial charge in [-0.3, -0.25) is 9.78 Å². The largest absolute Gasteiger partial charge is 0.478 e. The number of carboxylic acids is 1. The molecule has 0 saturated heterocycles. The van der Waals surface area contributed by atoms with Crippen LogP contribution in [0.5, 0.6) is 0 Å². The number of hydrogen-bond donors (Lipinski definition) is 3. The zero-order valence-electron chi connectivity index (χ0n) is 12.2. The zero-order valence-corrected chi connectivity index (χ0v) is 12.2. The second kappa shape index (κ2) is 5.63. The molecule has 2 aromatic rings. The Kier molecular flexibility index (Phi) is 3.66. The summed E-state index contributed by atoms with van der Waals surface area (Å²) in [6, 6.07) is 3.23. The molecular weight excluding hydrogens is 282 g/mol. The number of nitrogens with zero attached hydrogens (tertiary/aromatic N) is 1. The molecule has 0 radical (unpaired) electrons. The summed E-state index contributed by atoms with van der Waals surface area (Å²) in [6.07, 6.45) is 5.37. The van der Waals surface area contributed by atoms with E-state index in [4.69, 9.17) is 0 Å². The quantitative estimate of drug-likeness (QED) is 0.789. The lowest BCUT2D eigenvalue weighted by Gasteiger charge is -2.08. The van der Waals surface area contributed by atoms with Crippen molar-refractivity contribution in [2.24, 2.45) is 0 Å². The molecular formula is C16H17N3O3. The van der Waals surface area contributed by atoms with Crippen molar-refractivity contribution in [3.05, 3.63) is 52.6 Å². The predicted octanol–water partition coefficient (Wildman–Crippen LogP) is 2.22. The fraction of sp³-hybridized carbons (Fsp3) is 0.312. The van der Waals surface area contributed by atoms with Gasteiger partial charge in [-0.25, -0.2) is 4.79 Å². The number of nitrogens with one attached hydrogen (secondary N) is 2. The highest BCUT2D eigenvalue weighted by Gasteiger charge is 2.29. The van der Waals surface area contributed by atoms with Crippen LogP contribution in [0.1, 0.15) is 56.4 Å². The summed E-state index contributed by atoms with van der Waals surface area (Å²) in [5.41, 5.74) is 3.06. The van der Waals surface area contributed by atoms with Gasteiger partial charge in [0.05, 0.1) is 29.1 Å². The van der Waals surface area contributed by atoms with Crippen LogP contribution in [-0.2, 0) is 6.54 Å². The molecule has 0 aromatic carbocycles. The molecule has 2 heterocycles. The minimum absolute atomic E-state index is 0.171. The van der Waals surface area contributed by atoms with Crippen LogP contribution in [0.3, 0.4) is 0 Å². The monoisotopic (exact) mass is 299 g/mol. The Morgan fingerprint density at radius 3 is 2.68 bits per heavy atom. The van der Waals surface area contributed by atoms with Crippen LogP contribution in [-0.4, -0.2) is 27.0 Å². The van der Waals surface area contributed by atoms with E-state index in [-0.39, 0.29) is 23.9 Å². The third-order valence-corrected chi connectivity index (χ3v) is 3.80. The molecule has 114 valence electrons. The zero-order chi connectivity index (χ0) is 15.7. The van der Waals surface area contributed by atoms with E-state index in [1.807, 2.05) is 6.92 Å². The first-order chi connectivity index (χ1) is 10.6. The van der Waals surface area contributed by atoms with E-state index in [0.717, 1.165) is 18.4 Å². The van der Waals surface area contributed by atoms with Crippen molar-refractivity contribution in [1.82, 2.24) is 15.3 Å². The van der Waals surface area contributed by atoms with E-state index in [1.165, 1.54) is 0 Å². The number of rotatable bonds is 5. The number of pyridine rings is 1. The maximum Gasteiger partial charge on any atom is 0.337 e. The lowest BCUT2D eigenvalue weighted by molar-refractivity contribution is 0.0694. The van der Waals surface area contributed by atoms with Crippen LogP contribution in [0.25, 0.3) is 0 Å². The SMILES string of the molecule is Cc1c[nH]cc1C(=O)NCc1ccc(C(=O)O)c(C2CC2)n1. The lowest BCUT2D eigenvalue weighted by atomic mass is 10.1.